The van der Waals surface area contributed by atoms with Crippen LogP contribution in [0.3, 0.4) is 0 Å². The molecule has 2 rings (SSSR count). The Hall–Kier alpha value is -1.68. The molecule has 1 heterocycles. The molecule has 0 saturated heterocycles. The summed E-state index contributed by atoms with van der Waals surface area (Å²) in [6, 6.07) is 8.49. The molecule has 0 aliphatic rings. The number of hydrogen-bond acceptors (Lipinski definition) is 4. The standard InChI is InChI=1S/C15H22N4/c1-4-19(10-9-16-12(2)3)15-11-17-13-7-5-6-8-14(13)18-15/h5-8,11-12,16H,4,9-10H2,1-3H3. The van der Waals surface area contributed by atoms with Crippen molar-refractivity contribution in [3.05, 3.63) is 30.5 Å². The van der Waals surface area contributed by atoms with Gasteiger partial charge in [-0.25, -0.2) is 4.98 Å². The minimum atomic E-state index is 0.515. The molecule has 102 valence electrons. The fraction of sp³-hybridized carbons (Fsp3) is 0.467. The predicted molar refractivity (Wildman–Crippen MR) is 80.6 cm³/mol. The summed E-state index contributed by atoms with van der Waals surface area (Å²) < 4.78 is 0. The van der Waals surface area contributed by atoms with Crippen molar-refractivity contribution in [2.45, 2.75) is 26.8 Å². The first-order valence-corrected chi connectivity index (χ1v) is 6.91. The van der Waals surface area contributed by atoms with Crippen molar-refractivity contribution in [1.82, 2.24) is 15.3 Å². The average Bonchev–Trinajstić information content (AvgIpc) is 2.43. The minimum absolute atomic E-state index is 0.515. The third-order valence-corrected chi connectivity index (χ3v) is 3.08. The van der Waals surface area contributed by atoms with Gasteiger partial charge in [0.2, 0.25) is 0 Å². The van der Waals surface area contributed by atoms with Crippen molar-refractivity contribution in [3.63, 3.8) is 0 Å². The molecule has 1 aromatic carbocycles. The Morgan fingerprint density at radius 2 is 1.95 bits per heavy atom. The smallest absolute Gasteiger partial charge is 0.147 e. The first-order chi connectivity index (χ1) is 9.20. The molecular weight excluding hydrogens is 236 g/mol. The van der Waals surface area contributed by atoms with E-state index >= 15 is 0 Å². The van der Waals surface area contributed by atoms with Crippen molar-refractivity contribution in [3.8, 4) is 0 Å². The molecule has 4 heteroatoms. The van der Waals surface area contributed by atoms with E-state index < -0.39 is 0 Å². The summed E-state index contributed by atoms with van der Waals surface area (Å²) >= 11 is 0. The van der Waals surface area contributed by atoms with Crippen LogP contribution in [0, 0.1) is 0 Å². The van der Waals surface area contributed by atoms with E-state index in [1.54, 1.807) is 0 Å². The van der Waals surface area contributed by atoms with Crippen LogP contribution in [0.15, 0.2) is 30.5 Å². The van der Waals surface area contributed by atoms with Crippen LogP contribution in [0.4, 0.5) is 5.82 Å². The molecule has 0 atom stereocenters. The van der Waals surface area contributed by atoms with E-state index in [0.29, 0.717) is 6.04 Å². The lowest BCUT2D eigenvalue weighted by molar-refractivity contribution is 0.582. The Kier molecular flexibility index (Phi) is 4.68. The van der Waals surface area contributed by atoms with Crippen molar-refractivity contribution in [1.29, 1.82) is 0 Å². The van der Waals surface area contributed by atoms with Crippen molar-refractivity contribution in [2.75, 3.05) is 24.5 Å². The van der Waals surface area contributed by atoms with Gasteiger partial charge in [-0.15, -0.1) is 0 Å². The number of anilines is 1. The van der Waals surface area contributed by atoms with Crippen molar-refractivity contribution >= 4 is 16.9 Å². The first kappa shape index (κ1) is 13.7. The zero-order valence-corrected chi connectivity index (χ0v) is 11.9. The van der Waals surface area contributed by atoms with E-state index in [4.69, 9.17) is 0 Å². The van der Waals surface area contributed by atoms with Gasteiger partial charge in [-0.2, -0.15) is 0 Å². The van der Waals surface area contributed by atoms with Crippen LogP contribution in [0.25, 0.3) is 11.0 Å². The summed E-state index contributed by atoms with van der Waals surface area (Å²) in [6.45, 7) is 9.30. The van der Waals surface area contributed by atoms with Gasteiger partial charge in [0, 0.05) is 25.7 Å². The molecule has 2 aromatic rings. The number of para-hydroxylation sites is 2. The van der Waals surface area contributed by atoms with E-state index in [1.807, 2.05) is 30.5 Å². The third kappa shape index (κ3) is 3.64. The van der Waals surface area contributed by atoms with Gasteiger partial charge in [-0.05, 0) is 19.1 Å². The second-order valence-corrected chi connectivity index (χ2v) is 4.91. The van der Waals surface area contributed by atoms with Crippen LogP contribution in [0.1, 0.15) is 20.8 Å². The second-order valence-electron chi connectivity index (χ2n) is 4.91. The number of likely N-dealkylation sites (N-methyl/N-ethyl adjacent to an activating group) is 1. The Labute approximate surface area is 114 Å². The van der Waals surface area contributed by atoms with E-state index in [2.05, 4.69) is 41.0 Å². The molecule has 0 saturated carbocycles. The topological polar surface area (TPSA) is 41.0 Å². The number of nitrogens with zero attached hydrogens (tertiary/aromatic N) is 3. The van der Waals surface area contributed by atoms with Gasteiger partial charge >= 0.3 is 0 Å². The van der Waals surface area contributed by atoms with Gasteiger partial charge in [0.05, 0.1) is 17.2 Å². The molecule has 0 fully saturated rings. The second kappa shape index (κ2) is 6.48. The molecule has 1 N–H and O–H groups in total. The highest BCUT2D eigenvalue weighted by molar-refractivity contribution is 5.75. The number of aromatic nitrogens is 2. The van der Waals surface area contributed by atoms with Crippen LogP contribution in [0.5, 0.6) is 0 Å². The molecule has 0 amide bonds. The lowest BCUT2D eigenvalue weighted by Gasteiger charge is -2.22. The predicted octanol–water partition coefficient (Wildman–Crippen LogP) is 2.45. The van der Waals surface area contributed by atoms with E-state index in [-0.39, 0.29) is 0 Å². The van der Waals surface area contributed by atoms with Crippen LogP contribution in [-0.4, -0.2) is 35.6 Å². The van der Waals surface area contributed by atoms with Crippen molar-refractivity contribution in [2.24, 2.45) is 0 Å². The summed E-state index contributed by atoms with van der Waals surface area (Å²) in [5, 5.41) is 3.43. The van der Waals surface area contributed by atoms with Crippen LogP contribution >= 0.6 is 0 Å². The Morgan fingerprint density at radius 3 is 2.63 bits per heavy atom. The first-order valence-electron chi connectivity index (χ1n) is 6.91. The number of fused-ring (bicyclic) bond motifs is 1. The summed E-state index contributed by atoms with van der Waals surface area (Å²) in [5.74, 6) is 0.951. The van der Waals surface area contributed by atoms with Gasteiger partial charge < -0.3 is 10.2 Å². The number of hydrogen-bond donors (Lipinski definition) is 1. The Bertz CT molecular complexity index is 524. The monoisotopic (exact) mass is 258 g/mol. The Balaban J connectivity index is 2.11. The Morgan fingerprint density at radius 1 is 1.21 bits per heavy atom. The van der Waals surface area contributed by atoms with Crippen molar-refractivity contribution < 1.29 is 0 Å². The number of rotatable bonds is 6. The molecule has 0 spiro atoms. The maximum absolute atomic E-state index is 4.68. The molecule has 0 unspecified atom stereocenters. The van der Waals surface area contributed by atoms with Crippen LogP contribution in [0.2, 0.25) is 0 Å². The maximum Gasteiger partial charge on any atom is 0.147 e. The molecule has 0 aliphatic heterocycles. The largest absolute Gasteiger partial charge is 0.354 e. The lowest BCUT2D eigenvalue weighted by atomic mass is 10.3. The minimum Gasteiger partial charge on any atom is -0.354 e. The van der Waals surface area contributed by atoms with E-state index in [0.717, 1.165) is 36.5 Å². The maximum atomic E-state index is 4.68. The molecule has 0 radical (unpaired) electrons. The molecular formula is C15H22N4. The van der Waals surface area contributed by atoms with Gasteiger partial charge in [0.15, 0.2) is 0 Å². The average molecular weight is 258 g/mol. The molecule has 19 heavy (non-hydrogen) atoms. The number of nitrogens with one attached hydrogen (secondary N) is 1. The fourth-order valence-electron chi connectivity index (χ4n) is 2.02. The summed E-state index contributed by atoms with van der Waals surface area (Å²) in [4.78, 5) is 11.4. The van der Waals surface area contributed by atoms with E-state index in [9.17, 15) is 0 Å². The highest BCUT2D eigenvalue weighted by atomic mass is 15.2. The highest BCUT2D eigenvalue weighted by Gasteiger charge is 2.07. The number of benzene rings is 1. The zero-order chi connectivity index (χ0) is 13.7. The molecule has 1 aromatic heterocycles. The molecule has 0 aliphatic carbocycles. The quantitative estimate of drug-likeness (QED) is 0.864. The summed E-state index contributed by atoms with van der Waals surface area (Å²) in [6.07, 6.45) is 1.86. The lowest BCUT2D eigenvalue weighted by Crippen LogP contribution is -2.35. The SMILES string of the molecule is CCN(CCNC(C)C)c1cnc2ccccc2n1. The van der Waals surface area contributed by atoms with Gasteiger partial charge in [-0.3, -0.25) is 4.98 Å². The highest BCUT2D eigenvalue weighted by Crippen LogP contribution is 2.14. The summed E-state index contributed by atoms with van der Waals surface area (Å²) in [5.41, 5.74) is 1.90. The normalized spacial score (nSPS) is 11.2. The van der Waals surface area contributed by atoms with Gasteiger partial charge in [0.1, 0.15) is 5.82 Å². The van der Waals surface area contributed by atoms with Gasteiger partial charge in [-0.1, -0.05) is 26.0 Å². The fourth-order valence-corrected chi connectivity index (χ4v) is 2.02. The van der Waals surface area contributed by atoms with Gasteiger partial charge in [0.25, 0.3) is 0 Å². The van der Waals surface area contributed by atoms with E-state index in [1.165, 1.54) is 0 Å². The van der Waals surface area contributed by atoms with Crippen LogP contribution < -0.4 is 10.2 Å². The molecule has 0 bridgehead atoms. The third-order valence-electron chi connectivity index (χ3n) is 3.08. The summed E-state index contributed by atoms with van der Waals surface area (Å²) in [7, 11) is 0. The zero-order valence-electron chi connectivity index (χ0n) is 11.9. The van der Waals surface area contributed by atoms with Crippen LogP contribution in [-0.2, 0) is 0 Å². The molecule has 4 nitrogen and oxygen atoms in total.